The summed E-state index contributed by atoms with van der Waals surface area (Å²) < 4.78 is 12.7. The maximum Gasteiger partial charge on any atom is 0.269 e. The minimum Gasteiger partial charge on any atom is -0.350 e. The monoisotopic (exact) mass is 265 g/mol. The minimum absolute atomic E-state index is 0.249. The van der Waals surface area contributed by atoms with Gasteiger partial charge in [-0.2, -0.15) is 0 Å². The summed E-state index contributed by atoms with van der Waals surface area (Å²) >= 11 is 0. The molecule has 0 bridgehead atoms. The second-order valence-electron chi connectivity index (χ2n) is 5.11. The number of nitrogens with zero attached hydrogens (tertiary/aromatic N) is 1. The van der Waals surface area contributed by atoms with E-state index < -0.39 is 5.82 Å². The topological polar surface area (TPSA) is 68.0 Å². The molecule has 1 fully saturated rings. The van der Waals surface area contributed by atoms with Crippen LogP contribution >= 0.6 is 0 Å². The zero-order valence-corrected chi connectivity index (χ0v) is 10.9. The van der Waals surface area contributed by atoms with Crippen LogP contribution in [0.5, 0.6) is 0 Å². The number of nitrogens with one attached hydrogen (secondary N) is 1. The Morgan fingerprint density at radius 2 is 2.11 bits per heavy atom. The molecule has 5 heteroatoms. The van der Waals surface area contributed by atoms with Crippen molar-refractivity contribution in [3.8, 4) is 0 Å². The number of hydrogen-bond donors (Lipinski definition) is 2. The Balaban J connectivity index is 1.87. The summed E-state index contributed by atoms with van der Waals surface area (Å²) in [4.78, 5) is 15.6. The third-order valence-corrected chi connectivity index (χ3v) is 3.85. The maximum absolute atomic E-state index is 12.7. The first-order chi connectivity index (χ1) is 9.20. The quantitative estimate of drug-likeness (QED) is 0.871. The van der Waals surface area contributed by atoms with Gasteiger partial charge in [-0.1, -0.05) is 12.8 Å². The molecule has 0 saturated heterocycles. The van der Waals surface area contributed by atoms with Gasteiger partial charge in [-0.3, -0.25) is 4.79 Å². The lowest BCUT2D eigenvalue weighted by Crippen LogP contribution is -2.37. The van der Waals surface area contributed by atoms with Gasteiger partial charge in [-0.05, 0) is 43.4 Å². The van der Waals surface area contributed by atoms with Gasteiger partial charge in [0.15, 0.2) is 0 Å². The lowest BCUT2D eigenvalue weighted by Gasteiger charge is -2.30. The summed E-state index contributed by atoms with van der Waals surface area (Å²) in [5.74, 6) is 0.256. The Morgan fingerprint density at radius 3 is 2.74 bits per heavy atom. The number of amides is 1. The maximum atomic E-state index is 12.7. The van der Waals surface area contributed by atoms with Crippen molar-refractivity contribution in [2.75, 3.05) is 13.1 Å². The van der Waals surface area contributed by atoms with Gasteiger partial charge in [0.25, 0.3) is 5.91 Å². The van der Waals surface area contributed by atoms with Crippen molar-refractivity contribution in [1.29, 1.82) is 0 Å². The summed E-state index contributed by atoms with van der Waals surface area (Å²) in [6, 6.07) is 2.64. The van der Waals surface area contributed by atoms with Crippen LogP contribution < -0.4 is 11.1 Å². The number of halogens is 1. The summed E-state index contributed by atoms with van der Waals surface area (Å²) in [7, 11) is 0. The van der Waals surface area contributed by atoms with E-state index in [2.05, 4.69) is 10.3 Å². The highest BCUT2D eigenvalue weighted by molar-refractivity contribution is 5.92. The van der Waals surface area contributed by atoms with Crippen molar-refractivity contribution >= 4 is 5.91 Å². The van der Waals surface area contributed by atoms with Gasteiger partial charge >= 0.3 is 0 Å². The highest BCUT2D eigenvalue weighted by Gasteiger charge is 2.24. The van der Waals surface area contributed by atoms with Crippen molar-refractivity contribution in [1.82, 2.24) is 10.3 Å². The van der Waals surface area contributed by atoms with E-state index in [-0.39, 0.29) is 11.6 Å². The number of nitrogens with two attached hydrogens (primary N) is 1. The smallest absolute Gasteiger partial charge is 0.269 e. The number of aromatic nitrogens is 1. The molecule has 0 aromatic carbocycles. The minimum atomic E-state index is -0.438. The second-order valence-corrected chi connectivity index (χ2v) is 5.11. The normalized spacial score (nSPS) is 23.1. The van der Waals surface area contributed by atoms with E-state index in [1.54, 1.807) is 0 Å². The fourth-order valence-electron chi connectivity index (χ4n) is 2.69. The van der Waals surface area contributed by atoms with Crippen molar-refractivity contribution in [3.05, 3.63) is 29.8 Å². The molecule has 1 aliphatic rings. The molecule has 1 aliphatic carbocycles. The third kappa shape index (κ3) is 3.73. The average Bonchev–Trinajstić information content (AvgIpc) is 2.45. The van der Waals surface area contributed by atoms with Crippen LogP contribution in [0, 0.1) is 17.7 Å². The molecule has 1 aromatic heterocycles. The molecule has 0 radical (unpaired) electrons. The molecule has 1 aromatic rings. The Bertz CT molecular complexity index is 421. The number of pyridine rings is 1. The van der Waals surface area contributed by atoms with Crippen molar-refractivity contribution in [2.24, 2.45) is 17.6 Å². The van der Waals surface area contributed by atoms with E-state index in [1.165, 1.54) is 25.0 Å². The van der Waals surface area contributed by atoms with Crippen molar-refractivity contribution in [2.45, 2.75) is 25.7 Å². The van der Waals surface area contributed by atoms with Crippen LogP contribution in [0.3, 0.4) is 0 Å². The van der Waals surface area contributed by atoms with Crippen LogP contribution in [0.15, 0.2) is 18.3 Å². The first-order valence-corrected chi connectivity index (χ1v) is 6.80. The third-order valence-electron chi connectivity index (χ3n) is 3.85. The molecule has 3 N–H and O–H groups in total. The van der Waals surface area contributed by atoms with Crippen LogP contribution in [-0.2, 0) is 0 Å². The Morgan fingerprint density at radius 1 is 1.37 bits per heavy atom. The molecule has 0 spiro atoms. The SMILES string of the molecule is NCC1CCCCC1CNC(=O)c1ccc(F)cn1. The highest BCUT2D eigenvalue weighted by atomic mass is 19.1. The van der Waals surface area contributed by atoms with Gasteiger partial charge in [0.1, 0.15) is 11.5 Å². The van der Waals surface area contributed by atoms with Crippen LogP contribution in [0.4, 0.5) is 4.39 Å². The van der Waals surface area contributed by atoms with Gasteiger partial charge in [0.05, 0.1) is 6.20 Å². The average molecular weight is 265 g/mol. The molecule has 104 valence electrons. The highest BCUT2D eigenvalue weighted by Crippen LogP contribution is 2.28. The van der Waals surface area contributed by atoms with E-state index in [0.717, 1.165) is 19.0 Å². The fourth-order valence-corrected chi connectivity index (χ4v) is 2.69. The van der Waals surface area contributed by atoms with E-state index in [0.29, 0.717) is 24.9 Å². The van der Waals surface area contributed by atoms with Gasteiger partial charge in [-0.25, -0.2) is 9.37 Å². The molecular weight excluding hydrogens is 245 g/mol. The number of carbonyl (C=O) groups excluding carboxylic acids is 1. The zero-order chi connectivity index (χ0) is 13.7. The molecule has 19 heavy (non-hydrogen) atoms. The van der Waals surface area contributed by atoms with Gasteiger partial charge < -0.3 is 11.1 Å². The van der Waals surface area contributed by atoms with Crippen LogP contribution in [-0.4, -0.2) is 24.0 Å². The molecule has 0 aliphatic heterocycles. The lowest BCUT2D eigenvalue weighted by molar-refractivity contribution is 0.0930. The number of rotatable bonds is 4. The van der Waals surface area contributed by atoms with Crippen LogP contribution in [0.2, 0.25) is 0 Å². The summed E-state index contributed by atoms with van der Waals surface area (Å²) in [6.07, 6.45) is 5.74. The molecule has 2 unspecified atom stereocenters. The molecule has 2 atom stereocenters. The predicted octanol–water partition coefficient (Wildman–Crippen LogP) is 1.72. The molecule has 1 saturated carbocycles. The molecule has 1 amide bonds. The number of carbonyl (C=O) groups is 1. The standard InChI is InChI=1S/C14H20FN3O/c15-12-5-6-13(17-9-12)14(19)18-8-11-4-2-1-3-10(11)7-16/h5-6,9-11H,1-4,7-8,16H2,(H,18,19). The van der Waals surface area contributed by atoms with E-state index in [9.17, 15) is 9.18 Å². The van der Waals surface area contributed by atoms with Gasteiger partial charge in [0.2, 0.25) is 0 Å². The van der Waals surface area contributed by atoms with Gasteiger partial charge in [-0.15, -0.1) is 0 Å². The predicted molar refractivity (Wildman–Crippen MR) is 71.0 cm³/mol. The van der Waals surface area contributed by atoms with E-state index >= 15 is 0 Å². The molecule has 4 nitrogen and oxygen atoms in total. The summed E-state index contributed by atoms with van der Waals surface area (Å²) in [5, 5.41) is 2.87. The zero-order valence-electron chi connectivity index (χ0n) is 10.9. The van der Waals surface area contributed by atoms with Crippen molar-refractivity contribution < 1.29 is 9.18 Å². The van der Waals surface area contributed by atoms with E-state index in [1.807, 2.05) is 0 Å². The first-order valence-electron chi connectivity index (χ1n) is 6.80. The Kier molecular flexibility index (Phi) is 4.85. The van der Waals surface area contributed by atoms with E-state index in [4.69, 9.17) is 5.73 Å². The first kappa shape index (κ1) is 13.9. The number of hydrogen-bond acceptors (Lipinski definition) is 3. The fraction of sp³-hybridized carbons (Fsp3) is 0.571. The molecular formula is C14H20FN3O. The van der Waals surface area contributed by atoms with Crippen LogP contribution in [0.25, 0.3) is 0 Å². The molecule has 2 rings (SSSR count). The second kappa shape index (κ2) is 6.61. The summed E-state index contributed by atoms with van der Waals surface area (Å²) in [6.45, 7) is 1.30. The molecule has 1 heterocycles. The summed E-state index contributed by atoms with van der Waals surface area (Å²) in [5.41, 5.74) is 6.01. The Labute approximate surface area is 112 Å². The van der Waals surface area contributed by atoms with Gasteiger partial charge in [0, 0.05) is 6.54 Å². The van der Waals surface area contributed by atoms with Crippen LogP contribution in [0.1, 0.15) is 36.2 Å². The lowest BCUT2D eigenvalue weighted by atomic mass is 9.79. The Hall–Kier alpha value is -1.49. The largest absolute Gasteiger partial charge is 0.350 e. The van der Waals surface area contributed by atoms with Crippen molar-refractivity contribution in [3.63, 3.8) is 0 Å².